The van der Waals surface area contributed by atoms with Gasteiger partial charge in [0.05, 0.1) is 5.56 Å². The predicted molar refractivity (Wildman–Crippen MR) is 78.6 cm³/mol. The molecule has 0 spiro atoms. The highest BCUT2D eigenvalue weighted by Crippen LogP contribution is 2.07. The van der Waals surface area contributed by atoms with Crippen molar-refractivity contribution in [3.8, 4) is 0 Å². The van der Waals surface area contributed by atoms with Crippen LogP contribution in [-0.4, -0.2) is 45.7 Å². The smallest absolute Gasteiger partial charge is 0.335 e. The first kappa shape index (κ1) is 16.6. The molecule has 0 bridgehead atoms. The van der Waals surface area contributed by atoms with Crippen LogP contribution in [-0.2, 0) is 22.7 Å². The van der Waals surface area contributed by atoms with E-state index in [-0.39, 0.29) is 24.7 Å². The Bertz CT molecular complexity index is 681. The van der Waals surface area contributed by atoms with Crippen LogP contribution in [0.15, 0.2) is 28.8 Å². The molecular formula is C15H17N3O5. The second kappa shape index (κ2) is 7.50. The molecule has 8 nitrogen and oxygen atoms in total. The van der Waals surface area contributed by atoms with Crippen molar-refractivity contribution >= 4 is 11.9 Å². The summed E-state index contributed by atoms with van der Waals surface area (Å²) in [6, 6.07) is 6.36. The lowest BCUT2D eigenvalue weighted by Crippen LogP contribution is -2.29. The van der Waals surface area contributed by atoms with E-state index >= 15 is 0 Å². The number of carbonyl (C=O) groups is 2. The number of benzene rings is 1. The molecule has 8 heteroatoms. The second-order valence-corrected chi connectivity index (χ2v) is 4.98. The summed E-state index contributed by atoms with van der Waals surface area (Å²) in [5.41, 5.74) is 1.04. The van der Waals surface area contributed by atoms with Crippen molar-refractivity contribution in [1.82, 2.24) is 15.0 Å². The topological polar surface area (TPSA) is 106 Å². The Hall–Kier alpha value is -2.74. The Morgan fingerprint density at radius 3 is 2.57 bits per heavy atom. The third-order valence-electron chi connectivity index (χ3n) is 3.07. The molecule has 1 N–H and O–H groups in total. The minimum atomic E-state index is -0.981. The van der Waals surface area contributed by atoms with Gasteiger partial charge in [0, 0.05) is 13.6 Å². The number of hydrogen-bond acceptors (Lipinski definition) is 6. The SMILES string of the molecule is Cc1noc(COCC(=O)N(C)Cc2ccc(C(=O)O)cc2)n1. The van der Waals surface area contributed by atoms with Gasteiger partial charge < -0.3 is 19.3 Å². The van der Waals surface area contributed by atoms with Crippen LogP contribution >= 0.6 is 0 Å². The maximum absolute atomic E-state index is 12.0. The molecular weight excluding hydrogens is 302 g/mol. The summed E-state index contributed by atoms with van der Waals surface area (Å²) in [6.45, 7) is 2.03. The Morgan fingerprint density at radius 1 is 1.30 bits per heavy atom. The lowest BCUT2D eigenvalue weighted by molar-refractivity contribution is -0.136. The van der Waals surface area contributed by atoms with Gasteiger partial charge >= 0.3 is 5.97 Å². The minimum absolute atomic E-state index is 0.0771. The van der Waals surface area contributed by atoms with Crippen LogP contribution < -0.4 is 0 Å². The molecule has 0 radical (unpaired) electrons. The number of likely N-dealkylation sites (N-methyl/N-ethyl adjacent to an activating group) is 1. The molecule has 1 aromatic carbocycles. The summed E-state index contributed by atoms with van der Waals surface area (Å²) in [4.78, 5) is 28.2. The molecule has 1 amide bonds. The quantitative estimate of drug-likeness (QED) is 0.818. The van der Waals surface area contributed by atoms with Gasteiger partial charge in [-0.25, -0.2) is 4.79 Å². The van der Waals surface area contributed by atoms with E-state index in [2.05, 4.69) is 10.1 Å². The molecule has 2 aromatic rings. The molecule has 122 valence electrons. The lowest BCUT2D eigenvalue weighted by atomic mass is 10.1. The molecule has 0 fully saturated rings. The van der Waals surface area contributed by atoms with Gasteiger partial charge in [0.25, 0.3) is 5.89 Å². The monoisotopic (exact) mass is 319 g/mol. The summed E-state index contributed by atoms with van der Waals surface area (Å²) < 4.78 is 10.1. The van der Waals surface area contributed by atoms with Crippen LogP contribution in [0.2, 0.25) is 0 Å². The number of amides is 1. The zero-order valence-electron chi connectivity index (χ0n) is 12.9. The van der Waals surface area contributed by atoms with E-state index in [4.69, 9.17) is 14.4 Å². The number of ether oxygens (including phenoxy) is 1. The maximum atomic E-state index is 12.0. The first-order valence-corrected chi connectivity index (χ1v) is 6.89. The molecule has 1 aromatic heterocycles. The third kappa shape index (κ3) is 4.89. The van der Waals surface area contributed by atoms with Gasteiger partial charge in [-0.2, -0.15) is 4.98 Å². The van der Waals surface area contributed by atoms with Crippen LogP contribution in [0.5, 0.6) is 0 Å². The molecule has 0 unspecified atom stereocenters. The number of carbonyl (C=O) groups excluding carboxylic acids is 1. The zero-order chi connectivity index (χ0) is 16.8. The van der Waals surface area contributed by atoms with Crippen LogP contribution in [0.3, 0.4) is 0 Å². The van der Waals surface area contributed by atoms with Crippen molar-refractivity contribution in [2.75, 3.05) is 13.7 Å². The molecule has 0 saturated carbocycles. The molecule has 23 heavy (non-hydrogen) atoms. The second-order valence-electron chi connectivity index (χ2n) is 4.98. The molecule has 0 atom stereocenters. The van der Waals surface area contributed by atoms with Gasteiger partial charge in [-0.05, 0) is 24.6 Å². The first-order chi connectivity index (χ1) is 11.0. The zero-order valence-corrected chi connectivity index (χ0v) is 12.9. The summed E-state index contributed by atoms with van der Waals surface area (Å²) in [6.07, 6.45) is 0. The number of aromatic carboxylic acids is 1. The van der Waals surface area contributed by atoms with Crippen LogP contribution in [0, 0.1) is 6.92 Å². The van der Waals surface area contributed by atoms with E-state index < -0.39 is 5.97 Å². The Balaban J connectivity index is 1.78. The van der Waals surface area contributed by atoms with Crippen molar-refractivity contribution in [2.45, 2.75) is 20.1 Å². The molecule has 2 rings (SSSR count). The number of aryl methyl sites for hydroxylation is 1. The average Bonchev–Trinajstić information content (AvgIpc) is 2.93. The standard InChI is InChI=1S/C15H17N3O5/c1-10-16-13(23-17-10)8-22-9-14(19)18(2)7-11-3-5-12(6-4-11)15(20)21/h3-6H,7-9H2,1-2H3,(H,20,21). The third-order valence-corrected chi connectivity index (χ3v) is 3.07. The van der Waals surface area contributed by atoms with Crippen LogP contribution in [0.1, 0.15) is 27.6 Å². The molecule has 0 aliphatic carbocycles. The summed E-state index contributed by atoms with van der Waals surface area (Å²) >= 11 is 0. The lowest BCUT2D eigenvalue weighted by Gasteiger charge is -2.17. The molecule has 0 saturated heterocycles. The molecule has 1 heterocycles. The van der Waals surface area contributed by atoms with Gasteiger partial charge in [0.15, 0.2) is 5.82 Å². The number of rotatable bonds is 7. The molecule has 0 aliphatic heterocycles. The number of nitrogens with zero attached hydrogens (tertiary/aromatic N) is 3. The van der Waals surface area contributed by atoms with Crippen LogP contribution in [0.25, 0.3) is 0 Å². The van der Waals surface area contributed by atoms with Gasteiger partial charge in [0.2, 0.25) is 5.91 Å². The van der Waals surface area contributed by atoms with E-state index in [0.717, 1.165) is 5.56 Å². The normalized spacial score (nSPS) is 10.5. The van der Waals surface area contributed by atoms with Gasteiger partial charge in [-0.15, -0.1) is 0 Å². The van der Waals surface area contributed by atoms with Crippen molar-refractivity contribution in [3.05, 3.63) is 47.1 Å². The van der Waals surface area contributed by atoms with E-state index in [1.54, 1.807) is 26.1 Å². The predicted octanol–water partition coefficient (Wildman–Crippen LogP) is 1.25. The highest BCUT2D eigenvalue weighted by molar-refractivity contribution is 5.87. The average molecular weight is 319 g/mol. The van der Waals surface area contributed by atoms with E-state index in [0.29, 0.717) is 18.3 Å². The minimum Gasteiger partial charge on any atom is -0.478 e. The fourth-order valence-electron chi connectivity index (χ4n) is 1.85. The van der Waals surface area contributed by atoms with Gasteiger partial charge in [-0.3, -0.25) is 4.79 Å². The van der Waals surface area contributed by atoms with Crippen molar-refractivity contribution in [3.63, 3.8) is 0 Å². The fourth-order valence-corrected chi connectivity index (χ4v) is 1.85. The Morgan fingerprint density at radius 2 is 2.00 bits per heavy atom. The number of aromatic nitrogens is 2. The highest BCUT2D eigenvalue weighted by atomic mass is 16.5. The van der Waals surface area contributed by atoms with Crippen molar-refractivity contribution in [2.24, 2.45) is 0 Å². The van der Waals surface area contributed by atoms with E-state index in [1.807, 2.05) is 0 Å². The van der Waals surface area contributed by atoms with Crippen LogP contribution in [0.4, 0.5) is 0 Å². The molecule has 0 aliphatic rings. The summed E-state index contributed by atoms with van der Waals surface area (Å²) in [5.74, 6) is -0.353. The largest absolute Gasteiger partial charge is 0.478 e. The number of carboxylic acid groups (broad SMARTS) is 1. The Labute approximate surface area is 132 Å². The summed E-state index contributed by atoms with van der Waals surface area (Å²) in [5, 5.41) is 12.5. The van der Waals surface area contributed by atoms with Crippen molar-refractivity contribution in [1.29, 1.82) is 0 Å². The van der Waals surface area contributed by atoms with Gasteiger partial charge in [0.1, 0.15) is 13.2 Å². The number of hydrogen-bond donors (Lipinski definition) is 1. The maximum Gasteiger partial charge on any atom is 0.335 e. The van der Waals surface area contributed by atoms with Crippen molar-refractivity contribution < 1.29 is 24.0 Å². The summed E-state index contributed by atoms with van der Waals surface area (Å²) in [7, 11) is 1.65. The van der Waals surface area contributed by atoms with E-state index in [1.165, 1.54) is 17.0 Å². The fraction of sp³-hybridized carbons (Fsp3) is 0.333. The highest BCUT2D eigenvalue weighted by Gasteiger charge is 2.11. The van der Waals surface area contributed by atoms with E-state index in [9.17, 15) is 9.59 Å². The number of carboxylic acids is 1. The first-order valence-electron chi connectivity index (χ1n) is 6.89. The van der Waals surface area contributed by atoms with Gasteiger partial charge in [-0.1, -0.05) is 17.3 Å². The Kier molecular flexibility index (Phi) is 5.42.